The minimum absolute atomic E-state index is 0.329. The van der Waals surface area contributed by atoms with Crippen LogP contribution in [0.3, 0.4) is 0 Å². The first-order valence-corrected chi connectivity index (χ1v) is 5.53. The summed E-state index contributed by atoms with van der Waals surface area (Å²) < 4.78 is 38.1. The first kappa shape index (κ1) is 15.2. The van der Waals surface area contributed by atoms with E-state index in [0.29, 0.717) is 0 Å². The van der Waals surface area contributed by atoms with Crippen molar-refractivity contribution in [2.24, 2.45) is 16.8 Å². The van der Waals surface area contributed by atoms with Gasteiger partial charge in [-0.3, -0.25) is 4.98 Å². The third kappa shape index (κ3) is 4.40. The first-order valence-electron chi connectivity index (χ1n) is 5.53. The lowest BCUT2D eigenvalue weighted by Crippen LogP contribution is -2.43. The third-order valence-electron chi connectivity index (χ3n) is 2.68. The van der Waals surface area contributed by atoms with Gasteiger partial charge in [-0.1, -0.05) is 11.2 Å². The molecule has 4 N–H and O–H groups in total. The highest BCUT2D eigenvalue weighted by Crippen LogP contribution is 2.26. The SMILES string of the molecule is C[C@H](NCC(/C(N)=N/O)C(F)(F)F)c1cccnc1. The second-order valence-corrected chi connectivity index (χ2v) is 4.04. The first-order chi connectivity index (χ1) is 8.86. The molecule has 19 heavy (non-hydrogen) atoms. The highest BCUT2D eigenvalue weighted by atomic mass is 19.4. The van der Waals surface area contributed by atoms with Crippen molar-refractivity contribution < 1.29 is 18.4 Å². The van der Waals surface area contributed by atoms with E-state index in [0.717, 1.165) is 5.56 Å². The van der Waals surface area contributed by atoms with Crippen molar-refractivity contribution in [3.05, 3.63) is 30.1 Å². The van der Waals surface area contributed by atoms with Crippen molar-refractivity contribution in [3.8, 4) is 0 Å². The Morgan fingerprint density at radius 2 is 2.26 bits per heavy atom. The monoisotopic (exact) mass is 276 g/mol. The Hall–Kier alpha value is -1.83. The lowest BCUT2D eigenvalue weighted by atomic mass is 10.1. The minimum Gasteiger partial charge on any atom is -0.409 e. The fraction of sp³-hybridized carbons (Fsp3) is 0.455. The molecule has 0 aromatic carbocycles. The molecule has 0 spiro atoms. The van der Waals surface area contributed by atoms with Crippen LogP contribution in [0.2, 0.25) is 0 Å². The number of amidine groups is 1. The fourth-order valence-corrected chi connectivity index (χ4v) is 1.50. The summed E-state index contributed by atoms with van der Waals surface area (Å²) in [6, 6.07) is 3.11. The summed E-state index contributed by atoms with van der Waals surface area (Å²) in [4.78, 5) is 3.88. The van der Waals surface area contributed by atoms with E-state index >= 15 is 0 Å². The molecule has 1 rings (SSSR count). The summed E-state index contributed by atoms with van der Waals surface area (Å²) in [5, 5.41) is 13.5. The van der Waals surface area contributed by atoms with Gasteiger partial charge < -0.3 is 16.3 Å². The number of aromatic nitrogens is 1. The Labute approximate surface area is 108 Å². The van der Waals surface area contributed by atoms with Gasteiger partial charge in [-0.25, -0.2) is 0 Å². The Balaban J connectivity index is 2.68. The summed E-state index contributed by atoms with van der Waals surface area (Å²) in [7, 11) is 0. The van der Waals surface area contributed by atoms with Crippen molar-refractivity contribution in [2.75, 3.05) is 6.54 Å². The van der Waals surface area contributed by atoms with Crippen molar-refractivity contribution >= 4 is 5.84 Å². The van der Waals surface area contributed by atoms with Crippen LogP contribution in [0.4, 0.5) is 13.2 Å². The molecule has 0 saturated heterocycles. The summed E-state index contributed by atoms with van der Waals surface area (Å²) in [6.45, 7) is 1.23. The molecule has 0 aliphatic carbocycles. The number of pyridine rings is 1. The Bertz CT molecular complexity index is 422. The number of halogens is 3. The minimum atomic E-state index is -4.57. The molecule has 0 radical (unpaired) electrons. The van der Waals surface area contributed by atoms with Crippen molar-refractivity contribution in [2.45, 2.75) is 19.1 Å². The van der Waals surface area contributed by atoms with Gasteiger partial charge in [0.15, 0.2) is 5.84 Å². The molecule has 0 saturated carbocycles. The predicted molar refractivity (Wildman–Crippen MR) is 63.6 cm³/mol. The molecule has 1 heterocycles. The maximum Gasteiger partial charge on any atom is 0.400 e. The average Bonchev–Trinajstić information content (AvgIpc) is 2.37. The van der Waals surface area contributed by atoms with Crippen molar-refractivity contribution in [1.82, 2.24) is 10.3 Å². The molecule has 0 fully saturated rings. The summed E-state index contributed by atoms with van der Waals surface area (Å²) >= 11 is 0. The smallest absolute Gasteiger partial charge is 0.400 e. The lowest BCUT2D eigenvalue weighted by molar-refractivity contribution is -0.155. The zero-order chi connectivity index (χ0) is 14.5. The van der Waals surface area contributed by atoms with E-state index in [9.17, 15) is 13.2 Å². The number of rotatable bonds is 5. The van der Waals surface area contributed by atoms with E-state index in [1.54, 1.807) is 31.5 Å². The van der Waals surface area contributed by atoms with Gasteiger partial charge in [0, 0.05) is 25.0 Å². The van der Waals surface area contributed by atoms with Crippen LogP contribution in [0, 0.1) is 5.92 Å². The van der Waals surface area contributed by atoms with Crippen molar-refractivity contribution in [1.29, 1.82) is 0 Å². The van der Waals surface area contributed by atoms with Crippen molar-refractivity contribution in [3.63, 3.8) is 0 Å². The maximum atomic E-state index is 12.7. The zero-order valence-electron chi connectivity index (χ0n) is 10.2. The predicted octanol–water partition coefficient (Wildman–Crippen LogP) is 1.66. The Morgan fingerprint density at radius 3 is 2.74 bits per heavy atom. The molecule has 0 bridgehead atoms. The second kappa shape index (κ2) is 6.37. The number of nitrogens with zero attached hydrogens (tertiary/aromatic N) is 2. The average molecular weight is 276 g/mol. The molecule has 5 nitrogen and oxygen atoms in total. The van der Waals surface area contributed by atoms with Gasteiger partial charge in [-0.15, -0.1) is 0 Å². The molecule has 8 heteroatoms. The highest BCUT2D eigenvalue weighted by molar-refractivity contribution is 5.83. The van der Waals surface area contributed by atoms with Crippen LogP contribution in [-0.4, -0.2) is 28.7 Å². The van der Waals surface area contributed by atoms with E-state index in [4.69, 9.17) is 10.9 Å². The van der Waals surface area contributed by atoms with Crippen LogP contribution in [0.5, 0.6) is 0 Å². The van der Waals surface area contributed by atoms with Crippen LogP contribution in [0.1, 0.15) is 18.5 Å². The lowest BCUT2D eigenvalue weighted by Gasteiger charge is -2.22. The number of alkyl halides is 3. The maximum absolute atomic E-state index is 12.7. The van der Waals surface area contributed by atoms with Gasteiger partial charge in [0.1, 0.15) is 5.92 Å². The molecule has 1 unspecified atom stereocenters. The van der Waals surface area contributed by atoms with Gasteiger partial charge in [0.05, 0.1) is 0 Å². The van der Waals surface area contributed by atoms with Crippen LogP contribution in [0.15, 0.2) is 29.7 Å². The van der Waals surface area contributed by atoms with E-state index < -0.39 is 24.5 Å². The summed E-state index contributed by atoms with van der Waals surface area (Å²) in [5.41, 5.74) is 5.81. The number of nitrogens with one attached hydrogen (secondary N) is 1. The van der Waals surface area contributed by atoms with Gasteiger partial charge in [0.25, 0.3) is 0 Å². The van der Waals surface area contributed by atoms with E-state index in [-0.39, 0.29) is 6.04 Å². The molecule has 106 valence electrons. The molecular formula is C11H15F3N4O. The van der Waals surface area contributed by atoms with E-state index in [1.165, 1.54) is 0 Å². The van der Waals surface area contributed by atoms with Crippen LogP contribution in [-0.2, 0) is 0 Å². The molecule has 1 aromatic rings. The normalized spacial score (nSPS) is 16.1. The zero-order valence-corrected chi connectivity index (χ0v) is 10.2. The van der Waals surface area contributed by atoms with E-state index in [1.807, 2.05) is 0 Å². The topological polar surface area (TPSA) is 83.5 Å². The second-order valence-electron chi connectivity index (χ2n) is 4.04. The number of nitrogens with two attached hydrogens (primary N) is 1. The number of hydrogen-bond acceptors (Lipinski definition) is 4. The largest absolute Gasteiger partial charge is 0.409 e. The van der Waals surface area contributed by atoms with E-state index in [2.05, 4.69) is 15.5 Å². The Kier molecular flexibility index (Phi) is 5.11. The quantitative estimate of drug-likeness (QED) is 0.330. The molecule has 0 aliphatic heterocycles. The summed E-state index contributed by atoms with van der Waals surface area (Å²) in [5.74, 6) is -2.89. The van der Waals surface area contributed by atoms with Crippen LogP contribution < -0.4 is 11.1 Å². The molecular weight excluding hydrogens is 261 g/mol. The number of hydrogen-bond donors (Lipinski definition) is 3. The molecule has 2 atom stereocenters. The molecule has 0 amide bonds. The highest BCUT2D eigenvalue weighted by Gasteiger charge is 2.42. The molecule has 1 aromatic heterocycles. The number of oxime groups is 1. The van der Waals surface area contributed by atoms with Crippen LogP contribution >= 0.6 is 0 Å². The van der Waals surface area contributed by atoms with Gasteiger partial charge >= 0.3 is 6.18 Å². The summed E-state index contributed by atoms with van der Waals surface area (Å²) in [6.07, 6.45) is -1.44. The third-order valence-corrected chi connectivity index (χ3v) is 2.68. The van der Waals surface area contributed by atoms with Gasteiger partial charge in [0.2, 0.25) is 0 Å². The van der Waals surface area contributed by atoms with Gasteiger partial charge in [-0.2, -0.15) is 13.2 Å². The van der Waals surface area contributed by atoms with Crippen LogP contribution in [0.25, 0.3) is 0 Å². The fourth-order valence-electron chi connectivity index (χ4n) is 1.50. The van der Waals surface area contributed by atoms with Gasteiger partial charge in [-0.05, 0) is 18.6 Å². The Morgan fingerprint density at radius 1 is 1.58 bits per heavy atom. The molecule has 0 aliphatic rings. The standard InChI is InChI=1S/C11H15F3N4O/c1-7(8-3-2-4-16-5-8)17-6-9(10(15)18-19)11(12,13)14/h2-5,7,9,17,19H,6H2,1H3,(H2,15,18)/t7-,9?/m0/s1.